The van der Waals surface area contributed by atoms with Crippen molar-refractivity contribution in [3.8, 4) is 5.75 Å². The summed E-state index contributed by atoms with van der Waals surface area (Å²) in [6, 6.07) is 11.6. The minimum absolute atomic E-state index is 0.0272. The number of ether oxygens (including phenoxy) is 2. The van der Waals surface area contributed by atoms with Crippen molar-refractivity contribution in [2.45, 2.75) is 108 Å². The number of esters is 2. The van der Waals surface area contributed by atoms with Crippen molar-refractivity contribution in [2.75, 3.05) is 18.6 Å². The highest BCUT2D eigenvalue weighted by Gasteiger charge is 2.66. The second-order valence-electron chi connectivity index (χ2n) is 17.1. The number of benzene rings is 2. The van der Waals surface area contributed by atoms with E-state index in [1.54, 1.807) is 57.2 Å². The number of nitrogens with one attached hydrogen (secondary N) is 4. The topological polar surface area (TPSA) is 215 Å². The number of rotatable bonds is 16. The third-order valence-electron chi connectivity index (χ3n) is 11.6. The number of amides is 4. The summed E-state index contributed by atoms with van der Waals surface area (Å²) in [7, 11) is 0. The summed E-state index contributed by atoms with van der Waals surface area (Å²) >= 11 is 1.45. The van der Waals surface area contributed by atoms with Gasteiger partial charge < -0.3 is 41.6 Å². The summed E-state index contributed by atoms with van der Waals surface area (Å²) < 4.78 is 11.0. The molecule has 0 spiro atoms. The second-order valence-corrected chi connectivity index (χ2v) is 18.0. The molecule has 0 saturated heterocycles. The zero-order chi connectivity index (χ0) is 41.5. The van der Waals surface area contributed by atoms with E-state index in [1.165, 1.54) is 23.9 Å². The third kappa shape index (κ3) is 11.1. The quantitative estimate of drug-likeness (QED) is 0.107. The van der Waals surface area contributed by atoms with Gasteiger partial charge in [0, 0.05) is 18.4 Å². The van der Waals surface area contributed by atoms with Gasteiger partial charge in [-0.05, 0) is 119 Å². The van der Waals surface area contributed by atoms with Gasteiger partial charge in [0.25, 0.3) is 0 Å². The number of aromatic hydroxyl groups is 1. The molecule has 4 fully saturated rings. The van der Waals surface area contributed by atoms with Crippen molar-refractivity contribution in [2.24, 2.45) is 28.9 Å². The fraction of sp³-hybridized carbons (Fsp3) is 0.571. The van der Waals surface area contributed by atoms with Gasteiger partial charge in [-0.1, -0.05) is 42.5 Å². The van der Waals surface area contributed by atoms with Gasteiger partial charge in [0.05, 0.1) is 12.0 Å². The van der Waals surface area contributed by atoms with E-state index in [4.69, 9.17) is 15.2 Å². The molecule has 4 aliphatic rings. The van der Waals surface area contributed by atoms with E-state index in [0.29, 0.717) is 36.0 Å². The van der Waals surface area contributed by atoms with Crippen LogP contribution >= 0.6 is 11.8 Å². The summed E-state index contributed by atoms with van der Waals surface area (Å²) in [6.07, 6.45) is 5.41. The van der Waals surface area contributed by atoms with Crippen LogP contribution in [0, 0.1) is 23.2 Å². The number of phenols is 1. The Hall–Kier alpha value is -4.63. The monoisotopic (exact) mass is 807 g/mol. The van der Waals surface area contributed by atoms with Gasteiger partial charge in [-0.25, -0.2) is 9.59 Å². The van der Waals surface area contributed by atoms with Crippen molar-refractivity contribution < 1.29 is 43.3 Å². The van der Waals surface area contributed by atoms with Crippen LogP contribution in [0.3, 0.4) is 0 Å². The Kier molecular flexibility index (Phi) is 14.0. The van der Waals surface area contributed by atoms with Gasteiger partial charge in [-0.3, -0.25) is 19.2 Å². The van der Waals surface area contributed by atoms with Crippen LogP contribution in [-0.4, -0.2) is 88.7 Å². The van der Waals surface area contributed by atoms with Crippen LogP contribution < -0.4 is 27.0 Å². The highest BCUT2D eigenvalue weighted by molar-refractivity contribution is 7.98. The molecule has 310 valence electrons. The number of alkyl carbamates (subject to hydrolysis) is 1. The van der Waals surface area contributed by atoms with Gasteiger partial charge >= 0.3 is 18.0 Å². The number of carbonyl (C=O) groups is 6. The molecule has 4 saturated carbocycles. The second kappa shape index (κ2) is 18.3. The molecule has 0 heterocycles. The van der Waals surface area contributed by atoms with Crippen LogP contribution in [0.15, 0.2) is 54.6 Å². The van der Waals surface area contributed by atoms with Gasteiger partial charge in [-0.15, -0.1) is 0 Å². The molecular weight excluding hydrogens is 751 g/mol. The van der Waals surface area contributed by atoms with Crippen LogP contribution in [0.4, 0.5) is 4.79 Å². The molecule has 15 heteroatoms. The summed E-state index contributed by atoms with van der Waals surface area (Å²) in [5.41, 5.74) is 5.59. The number of hydrogen-bond donors (Lipinski definition) is 6. The van der Waals surface area contributed by atoms with Gasteiger partial charge in [-0.2, -0.15) is 11.8 Å². The van der Waals surface area contributed by atoms with Crippen molar-refractivity contribution >= 4 is 47.5 Å². The zero-order valence-electron chi connectivity index (χ0n) is 33.4. The maximum absolute atomic E-state index is 13.9. The Labute approximate surface area is 338 Å². The number of carbonyl (C=O) groups excluding carboxylic acids is 6. The predicted octanol–water partition coefficient (Wildman–Crippen LogP) is 3.52. The molecule has 6 rings (SSSR count). The summed E-state index contributed by atoms with van der Waals surface area (Å²) in [4.78, 5) is 81.0. The molecule has 7 N–H and O–H groups in total. The average molecular weight is 808 g/mol. The Morgan fingerprint density at radius 2 is 1.46 bits per heavy atom. The Balaban J connectivity index is 1.24. The third-order valence-corrected chi connectivity index (χ3v) is 12.2. The van der Waals surface area contributed by atoms with Crippen LogP contribution in [-0.2, 0) is 46.3 Å². The first-order chi connectivity index (χ1) is 26.9. The molecule has 0 radical (unpaired) electrons. The van der Waals surface area contributed by atoms with Crippen LogP contribution in [0.1, 0.15) is 77.3 Å². The molecule has 4 amide bonds. The SMILES string of the molecule is CSCC[C@@H](NC(=O)[C@H](Cc1ccc(O)cc1)NC(=O)OC(C)(C)C)C(=O)NCC(=O)N[C@@H](Cc1ccccc1)C(=O)OC(=O)C12CC3CC(CC(C3)C1(C)N)C2. The van der Waals surface area contributed by atoms with Crippen LogP contribution in [0.5, 0.6) is 5.75 Å². The first-order valence-corrected chi connectivity index (χ1v) is 21.0. The van der Waals surface area contributed by atoms with Gasteiger partial charge in [0.1, 0.15) is 29.5 Å². The lowest BCUT2D eigenvalue weighted by Gasteiger charge is -2.63. The number of thioether (sulfide) groups is 1. The molecular formula is C42H57N5O9S. The molecule has 57 heavy (non-hydrogen) atoms. The van der Waals surface area contributed by atoms with E-state index in [9.17, 15) is 33.9 Å². The average Bonchev–Trinajstić information content (AvgIpc) is 3.14. The van der Waals surface area contributed by atoms with Crippen LogP contribution in [0.25, 0.3) is 0 Å². The standard InChI is InChI=1S/C42H57N5O9S/c1-40(2,3)56-39(54)47-32(20-26-11-13-30(48)14-12-26)36(51)46-31(15-16-57-5)35(50)44-24-34(49)45-33(21-25-9-7-6-8-10-25)37(52)55-38(53)42-22-27-17-28(23-42)19-29(18-27)41(42,4)43/h6-14,27-29,31-33,48H,15-24,43H2,1-5H3,(H,44,50)(H,45,49)(H,46,51)(H,47,54)/t27?,28?,29?,31-,32+,33+,41?,42?/m1/s1. The van der Waals surface area contributed by atoms with Crippen molar-refractivity contribution in [1.29, 1.82) is 0 Å². The molecule has 4 aliphatic carbocycles. The van der Waals surface area contributed by atoms with Crippen LogP contribution in [0.2, 0.25) is 0 Å². The van der Waals surface area contributed by atoms with Gasteiger partial charge in [0.15, 0.2) is 0 Å². The molecule has 2 aromatic carbocycles. The normalized spacial score (nSPS) is 25.0. The largest absolute Gasteiger partial charge is 0.508 e. The molecule has 4 bridgehead atoms. The highest BCUT2D eigenvalue weighted by atomic mass is 32.2. The molecule has 3 unspecified atom stereocenters. The molecule has 0 aliphatic heterocycles. The zero-order valence-corrected chi connectivity index (χ0v) is 34.2. The Morgan fingerprint density at radius 3 is 2.07 bits per heavy atom. The minimum atomic E-state index is -1.25. The molecule has 14 nitrogen and oxygen atoms in total. The first-order valence-electron chi connectivity index (χ1n) is 19.6. The fourth-order valence-electron chi connectivity index (χ4n) is 8.82. The minimum Gasteiger partial charge on any atom is -0.508 e. The number of hydrogen-bond acceptors (Lipinski definition) is 11. The maximum Gasteiger partial charge on any atom is 0.408 e. The molecule has 2 aromatic rings. The lowest BCUT2D eigenvalue weighted by atomic mass is 9.42. The van der Waals surface area contributed by atoms with E-state index in [0.717, 1.165) is 24.8 Å². The lowest BCUT2D eigenvalue weighted by Crippen LogP contribution is -2.70. The predicted molar refractivity (Wildman–Crippen MR) is 215 cm³/mol. The highest BCUT2D eigenvalue weighted by Crippen LogP contribution is 2.64. The van der Waals surface area contributed by atoms with Gasteiger partial charge in [0.2, 0.25) is 17.7 Å². The maximum atomic E-state index is 13.9. The molecule has 6 atom stereocenters. The van der Waals surface area contributed by atoms with E-state index >= 15 is 0 Å². The number of nitrogens with two attached hydrogens (primary N) is 1. The van der Waals surface area contributed by atoms with E-state index < -0.39 is 77.0 Å². The smallest absolute Gasteiger partial charge is 0.408 e. The first kappa shape index (κ1) is 43.5. The fourth-order valence-corrected chi connectivity index (χ4v) is 9.29. The summed E-state index contributed by atoms with van der Waals surface area (Å²) in [5.74, 6) is -2.17. The van der Waals surface area contributed by atoms with E-state index in [2.05, 4.69) is 21.3 Å². The summed E-state index contributed by atoms with van der Waals surface area (Å²) in [6.45, 7) is 6.42. The lowest BCUT2D eigenvalue weighted by molar-refractivity contribution is -0.191. The summed E-state index contributed by atoms with van der Waals surface area (Å²) in [5, 5.41) is 20.2. The van der Waals surface area contributed by atoms with E-state index in [-0.39, 0.29) is 30.9 Å². The van der Waals surface area contributed by atoms with Crippen molar-refractivity contribution in [3.63, 3.8) is 0 Å². The van der Waals surface area contributed by atoms with Crippen molar-refractivity contribution in [3.05, 3.63) is 65.7 Å². The number of phenolic OH excluding ortho intramolecular Hbond substituents is 1. The molecule has 0 aromatic heterocycles. The Bertz CT molecular complexity index is 1770. The van der Waals surface area contributed by atoms with Crippen molar-refractivity contribution in [1.82, 2.24) is 21.3 Å². The van der Waals surface area contributed by atoms with E-state index in [1.807, 2.05) is 19.2 Å². The Morgan fingerprint density at radius 1 is 0.842 bits per heavy atom.